The predicted molar refractivity (Wildman–Crippen MR) is 56.8 cm³/mol. The van der Waals surface area contributed by atoms with E-state index >= 15 is 0 Å². The third-order valence-corrected chi connectivity index (χ3v) is 3.64. The molecule has 0 fully saturated rings. The van der Waals surface area contributed by atoms with E-state index in [9.17, 15) is 12.8 Å². The Kier molecular flexibility index (Phi) is 4.07. The number of alkyl halides is 1. The summed E-state index contributed by atoms with van der Waals surface area (Å²) in [6, 6.07) is 3.55. The van der Waals surface area contributed by atoms with E-state index in [0.29, 0.717) is 0 Å². The van der Waals surface area contributed by atoms with Crippen molar-refractivity contribution < 1.29 is 12.8 Å². The first-order valence-corrected chi connectivity index (χ1v) is 6.37. The molecule has 1 aromatic rings. The van der Waals surface area contributed by atoms with Gasteiger partial charge in [0.1, 0.15) is 5.82 Å². The molecular formula is C9H11ClFNO2S. The Morgan fingerprint density at radius 2 is 2.13 bits per heavy atom. The first-order valence-electron chi connectivity index (χ1n) is 4.35. The number of hydrogen-bond donors (Lipinski definition) is 1. The number of rotatable bonds is 4. The van der Waals surface area contributed by atoms with Crippen molar-refractivity contribution in [2.75, 3.05) is 6.54 Å². The van der Waals surface area contributed by atoms with E-state index in [0.717, 1.165) is 6.07 Å². The van der Waals surface area contributed by atoms with E-state index in [-0.39, 0.29) is 22.9 Å². The Hall–Kier alpha value is -0.650. The molecule has 15 heavy (non-hydrogen) atoms. The van der Waals surface area contributed by atoms with Gasteiger partial charge in [0.2, 0.25) is 10.0 Å². The highest BCUT2D eigenvalue weighted by Crippen LogP contribution is 2.16. The van der Waals surface area contributed by atoms with Crippen LogP contribution in [0.2, 0.25) is 0 Å². The predicted octanol–water partition coefficient (Wildman–Crippen LogP) is 1.86. The van der Waals surface area contributed by atoms with Gasteiger partial charge in [-0.3, -0.25) is 0 Å². The molecule has 0 unspecified atom stereocenters. The van der Waals surface area contributed by atoms with Crippen molar-refractivity contribution in [1.82, 2.24) is 4.72 Å². The fourth-order valence-electron chi connectivity index (χ4n) is 1.09. The molecule has 1 N–H and O–H groups in total. The second-order valence-corrected chi connectivity index (χ2v) is 4.92. The van der Waals surface area contributed by atoms with E-state index < -0.39 is 15.8 Å². The summed E-state index contributed by atoms with van der Waals surface area (Å²) in [7, 11) is -3.54. The molecule has 1 rings (SSSR count). The average Bonchev–Trinajstić information content (AvgIpc) is 2.18. The van der Waals surface area contributed by atoms with Crippen molar-refractivity contribution in [2.45, 2.75) is 17.7 Å². The third kappa shape index (κ3) is 2.90. The molecule has 0 aliphatic carbocycles. The van der Waals surface area contributed by atoms with E-state index in [2.05, 4.69) is 4.72 Å². The van der Waals surface area contributed by atoms with Gasteiger partial charge in [0, 0.05) is 12.1 Å². The van der Waals surface area contributed by atoms with E-state index in [4.69, 9.17) is 11.6 Å². The van der Waals surface area contributed by atoms with E-state index in [1.165, 1.54) is 12.1 Å². The standard InChI is InChI=1S/C9H11ClFNO2S/c1-2-12-15(13,14)8-3-4-9(11)7(5-8)6-10/h3-5,12H,2,6H2,1H3. The molecule has 6 heteroatoms. The van der Waals surface area contributed by atoms with Crippen LogP contribution in [0.4, 0.5) is 4.39 Å². The maximum atomic E-state index is 13.0. The Morgan fingerprint density at radius 1 is 1.47 bits per heavy atom. The Bertz CT molecular complexity index is 447. The van der Waals surface area contributed by atoms with Crippen molar-refractivity contribution in [1.29, 1.82) is 0 Å². The largest absolute Gasteiger partial charge is 0.240 e. The van der Waals surface area contributed by atoms with Crippen LogP contribution < -0.4 is 4.72 Å². The lowest BCUT2D eigenvalue weighted by Gasteiger charge is -2.06. The molecule has 0 atom stereocenters. The Morgan fingerprint density at radius 3 is 2.67 bits per heavy atom. The van der Waals surface area contributed by atoms with Gasteiger partial charge in [-0.25, -0.2) is 17.5 Å². The zero-order valence-electron chi connectivity index (χ0n) is 8.13. The second-order valence-electron chi connectivity index (χ2n) is 2.89. The first kappa shape index (κ1) is 12.4. The summed E-state index contributed by atoms with van der Waals surface area (Å²) < 4.78 is 38.4. The highest BCUT2D eigenvalue weighted by Gasteiger charge is 2.14. The van der Waals surface area contributed by atoms with Crippen molar-refractivity contribution in [3.63, 3.8) is 0 Å². The van der Waals surface area contributed by atoms with Crippen LogP contribution in [0.25, 0.3) is 0 Å². The minimum Gasteiger partial charge on any atom is -0.211 e. The smallest absolute Gasteiger partial charge is 0.211 e. The topological polar surface area (TPSA) is 46.2 Å². The van der Waals surface area contributed by atoms with E-state index in [1.807, 2.05) is 0 Å². The van der Waals surface area contributed by atoms with Gasteiger partial charge in [0.25, 0.3) is 0 Å². The van der Waals surface area contributed by atoms with Gasteiger partial charge in [-0.1, -0.05) is 6.92 Å². The van der Waals surface area contributed by atoms with Crippen LogP contribution in [0.1, 0.15) is 12.5 Å². The molecule has 0 spiro atoms. The van der Waals surface area contributed by atoms with Gasteiger partial charge in [-0.2, -0.15) is 0 Å². The molecule has 1 aromatic carbocycles. The summed E-state index contributed by atoms with van der Waals surface area (Å²) in [6.07, 6.45) is 0. The van der Waals surface area contributed by atoms with Crippen molar-refractivity contribution in [2.24, 2.45) is 0 Å². The molecule has 0 saturated carbocycles. The lowest BCUT2D eigenvalue weighted by molar-refractivity contribution is 0.582. The lowest BCUT2D eigenvalue weighted by Crippen LogP contribution is -2.23. The SMILES string of the molecule is CCNS(=O)(=O)c1ccc(F)c(CCl)c1. The number of nitrogens with one attached hydrogen (secondary N) is 1. The highest BCUT2D eigenvalue weighted by molar-refractivity contribution is 7.89. The molecule has 0 heterocycles. The summed E-state index contributed by atoms with van der Waals surface area (Å²) in [5, 5.41) is 0. The fourth-order valence-corrected chi connectivity index (χ4v) is 2.39. The molecule has 3 nitrogen and oxygen atoms in total. The highest BCUT2D eigenvalue weighted by atomic mass is 35.5. The molecule has 0 amide bonds. The van der Waals surface area contributed by atoms with Crippen LogP contribution in [0.3, 0.4) is 0 Å². The Labute approximate surface area is 93.3 Å². The minimum atomic E-state index is -3.54. The maximum absolute atomic E-state index is 13.0. The maximum Gasteiger partial charge on any atom is 0.240 e. The second kappa shape index (κ2) is 4.92. The van der Waals surface area contributed by atoms with Gasteiger partial charge in [0.05, 0.1) is 10.8 Å². The summed E-state index contributed by atoms with van der Waals surface area (Å²) >= 11 is 5.48. The van der Waals surface area contributed by atoms with Crippen LogP contribution in [0, 0.1) is 5.82 Å². The van der Waals surface area contributed by atoms with Gasteiger partial charge >= 0.3 is 0 Å². The van der Waals surface area contributed by atoms with Gasteiger partial charge in [-0.15, -0.1) is 11.6 Å². The molecule has 84 valence electrons. The van der Waals surface area contributed by atoms with Crippen LogP contribution in [0.5, 0.6) is 0 Å². The monoisotopic (exact) mass is 251 g/mol. The number of hydrogen-bond acceptors (Lipinski definition) is 2. The van der Waals surface area contributed by atoms with Crippen molar-refractivity contribution >= 4 is 21.6 Å². The van der Waals surface area contributed by atoms with Crippen molar-refractivity contribution in [3.8, 4) is 0 Å². The van der Waals surface area contributed by atoms with Crippen LogP contribution in [-0.2, 0) is 15.9 Å². The van der Waals surface area contributed by atoms with Crippen molar-refractivity contribution in [3.05, 3.63) is 29.6 Å². The minimum absolute atomic E-state index is 0.0291. The average molecular weight is 252 g/mol. The fraction of sp³-hybridized carbons (Fsp3) is 0.333. The van der Waals surface area contributed by atoms with Gasteiger partial charge in [-0.05, 0) is 18.2 Å². The summed E-state index contributed by atoms with van der Waals surface area (Å²) in [4.78, 5) is 0.0291. The molecule has 0 bridgehead atoms. The molecule has 0 aromatic heterocycles. The summed E-state index contributed by atoms with van der Waals surface area (Å²) in [5.41, 5.74) is 0.177. The van der Waals surface area contributed by atoms with Gasteiger partial charge in [0.15, 0.2) is 0 Å². The Balaban J connectivity index is 3.17. The normalized spacial score (nSPS) is 11.7. The molecule has 0 aliphatic rings. The quantitative estimate of drug-likeness (QED) is 0.831. The lowest BCUT2D eigenvalue weighted by atomic mass is 10.2. The molecule has 0 aliphatic heterocycles. The number of sulfonamides is 1. The summed E-state index contributed by atoms with van der Waals surface area (Å²) in [6.45, 7) is 1.96. The zero-order valence-corrected chi connectivity index (χ0v) is 9.70. The number of halogens is 2. The first-order chi connectivity index (χ1) is 7.01. The van der Waals surface area contributed by atoms with Gasteiger partial charge < -0.3 is 0 Å². The third-order valence-electron chi connectivity index (χ3n) is 1.81. The molecule has 0 radical (unpaired) electrons. The number of benzene rings is 1. The molecular weight excluding hydrogens is 241 g/mol. The summed E-state index contributed by atoms with van der Waals surface area (Å²) in [5.74, 6) is -0.554. The van der Waals surface area contributed by atoms with Crippen LogP contribution in [0.15, 0.2) is 23.1 Å². The molecule has 0 saturated heterocycles. The van der Waals surface area contributed by atoms with E-state index in [1.54, 1.807) is 6.92 Å². The zero-order chi connectivity index (χ0) is 11.5. The van der Waals surface area contributed by atoms with Crippen LogP contribution in [-0.4, -0.2) is 15.0 Å². The van der Waals surface area contributed by atoms with Crippen LogP contribution >= 0.6 is 11.6 Å².